The van der Waals surface area contributed by atoms with Crippen molar-refractivity contribution in [3.63, 3.8) is 0 Å². The summed E-state index contributed by atoms with van der Waals surface area (Å²) in [5, 5.41) is 5.35. The van der Waals surface area contributed by atoms with E-state index in [1.807, 2.05) is 42.5 Å². The van der Waals surface area contributed by atoms with Crippen molar-refractivity contribution < 1.29 is 28.6 Å². The first kappa shape index (κ1) is 27.9. The number of rotatable bonds is 13. The molecule has 2 aromatic carbocycles. The molecule has 0 saturated carbocycles. The second-order valence-corrected chi connectivity index (χ2v) is 15.0. The zero-order valence-corrected chi connectivity index (χ0v) is 22.0. The Balaban J connectivity index is 1.90. The Morgan fingerprint density at radius 1 is 0.914 bits per heavy atom. The highest BCUT2D eigenvalue weighted by molar-refractivity contribution is 6.76. The Bertz CT molecular complexity index is 945. The lowest BCUT2D eigenvalue weighted by Gasteiger charge is -2.19. The second kappa shape index (κ2) is 14.2. The van der Waals surface area contributed by atoms with Gasteiger partial charge in [-0.15, -0.1) is 0 Å². The van der Waals surface area contributed by atoms with Crippen LogP contribution >= 0.6 is 0 Å². The minimum Gasteiger partial charge on any atom is -0.497 e. The molecular formula is C26H36N2O6Si. The van der Waals surface area contributed by atoms with Crippen molar-refractivity contribution in [3.8, 4) is 5.75 Å². The summed E-state index contributed by atoms with van der Waals surface area (Å²) in [4.78, 5) is 37.2. The van der Waals surface area contributed by atoms with Gasteiger partial charge in [0.25, 0.3) is 0 Å². The first-order valence-electron chi connectivity index (χ1n) is 11.7. The van der Waals surface area contributed by atoms with E-state index in [-0.39, 0.29) is 32.0 Å². The largest absolute Gasteiger partial charge is 0.497 e. The summed E-state index contributed by atoms with van der Waals surface area (Å²) in [6.07, 6.45) is -0.393. The Morgan fingerprint density at radius 3 is 2.23 bits per heavy atom. The maximum absolute atomic E-state index is 12.9. The number of ether oxygens (including phenoxy) is 3. The summed E-state index contributed by atoms with van der Waals surface area (Å²) in [7, 11) is 0.292. The van der Waals surface area contributed by atoms with Gasteiger partial charge >= 0.3 is 12.1 Å². The summed E-state index contributed by atoms with van der Waals surface area (Å²) in [5.41, 5.74) is 1.67. The van der Waals surface area contributed by atoms with Crippen molar-refractivity contribution >= 4 is 26.0 Å². The Hall–Kier alpha value is -3.33. The van der Waals surface area contributed by atoms with Crippen molar-refractivity contribution in [2.75, 3.05) is 20.3 Å². The topological polar surface area (TPSA) is 103 Å². The number of esters is 1. The minimum absolute atomic E-state index is 0.0607. The average molecular weight is 501 g/mol. The molecule has 0 aliphatic carbocycles. The molecule has 9 heteroatoms. The molecule has 2 aromatic rings. The number of carbonyl (C=O) groups excluding carboxylic acids is 3. The fraction of sp³-hybridized carbons (Fsp3) is 0.423. The molecule has 0 fully saturated rings. The zero-order valence-electron chi connectivity index (χ0n) is 21.0. The van der Waals surface area contributed by atoms with Crippen LogP contribution in [0.4, 0.5) is 4.79 Å². The van der Waals surface area contributed by atoms with Crippen molar-refractivity contribution in [1.82, 2.24) is 10.6 Å². The van der Waals surface area contributed by atoms with E-state index in [1.165, 1.54) is 0 Å². The van der Waals surface area contributed by atoms with Crippen LogP contribution in [0.25, 0.3) is 0 Å². The van der Waals surface area contributed by atoms with Gasteiger partial charge in [-0.25, -0.2) is 4.79 Å². The first-order chi connectivity index (χ1) is 16.7. The van der Waals surface area contributed by atoms with Gasteiger partial charge < -0.3 is 24.8 Å². The van der Waals surface area contributed by atoms with Crippen molar-refractivity contribution in [2.45, 2.75) is 51.2 Å². The molecule has 0 saturated heterocycles. The number of hydrogen-bond donors (Lipinski definition) is 2. The fourth-order valence-corrected chi connectivity index (χ4v) is 3.78. The smallest absolute Gasteiger partial charge is 0.408 e. The predicted molar refractivity (Wildman–Crippen MR) is 137 cm³/mol. The predicted octanol–water partition coefficient (Wildman–Crippen LogP) is 3.92. The van der Waals surface area contributed by atoms with E-state index >= 15 is 0 Å². The SMILES string of the molecule is COc1ccc(C[C@@H](NC(=O)OCc2ccccc2)C(=O)NCCC(=O)OCC[Si](C)(C)C)cc1. The molecule has 2 rings (SSSR count). The summed E-state index contributed by atoms with van der Waals surface area (Å²) >= 11 is 0. The van der Waals surface area contributed by atoms with E-state index in [9.17, 15) is 14.4 Å². The molecule has 35 heavy (non-hydrogen) atoms. The third-order valence-corrected chi connectivity index (χ3v) is 6.87. The number of carbonyl (C=O) groups is 3. The quantitative estimate of drug-likeness (QED) is 0.319. The Morgan fingerprint density at radius 2 is 1.60 bits per heavy atom. The van der Waals surface area contributed by atoms with E-state index in [2.05, 4.69) is 30.3 Å². The monoisotopic (exact) mass is 500 g/mol. The van der Waals surface area contributed by atoms with Gasteiger partial charge in [0.1, 0.15) is 18.4 Å². The number of benzene rings is 2. The molecule has 8 nitrogen and oxygen atoms in total. The van der Waals surface area contributed by atoms with Crippen LogP contribution in [0.15, 0.2) is 54.6 Å². The van der Waals surface area contributed by atoms with Crippen LogP contribution in [-0.2, 0) is 32.1 Å². The Kier molecular flexibility index (Phi) is 11.3. The molecule has 0 bridgehead atoms. The van der Waals surface area contributed by atoms with Crippen LogP contribution in [0.5, 0.6) is 5.75 Å². The van der Waals surface area contributed by atoms with Crippen LogP contribution in [0.1, 0.15) is 17.5 Å². The van der Waals surface area contributed by atoms with E-state index in [0.29, 0.717) is 12.4 Å². The normalized spacial score (nSPS) is 11.8. The summed E-state index contributed by atoms with van der Waals surface area (Å²) < 4.78 is 15.7. The third kappa shape index (κ3) is 11.6. The lowest BCUT2D eigenvalue weighted by Crippen LogP contribution is -2.48. The van der Waals surface area contributed by atoms with Crippen LogP contribution in [-0.4, -0.2) is 52.3 Å². The molecule has 0 aliphatic heterocycles. The molecule has 0 spiro atoms. The van der Waals surface area contributed by atoms with Crippen molar-refractivity contribution in [1.29, 1.82) is 0 Å². The minimum atomic E-state index is -1.28. The molecule has 0 aromatic heterocycles. The van der Waals surface area contributed by atoms with E-state index in [1.54, 1.807) is 19.2 Å². The van der Waals surface area contributed by atoms with E-state index in [4.69, 9.17) is 14.2 Å². The van der Waals surface area contributed by atoms with Crippen LogP contribution < -0.4 is 15.4 Å². The average Bonchev–Trinajstić information content (AvgIpc) is 2.82. The maximum atomic E-state index is 12.9. The lowest BCUT2D eigenvalue weighted by molar-refractivity contribution is -0.143. The molecule has 1 atom stereocenters. The number of alkyl carbamates (subject to hydrolysis) is 1. The van der Waals surface area contributed by atoms with Gasteiger partial charge in [-0.2, -0.15) is 0 Å². The number of methoxy groups -OCH3 is 1. The Labute approximate surface area is 208 Å². The van der Waals surface area contributed by atoms with Gasteiger partial charge in [0, 0.05) is 21.0 Å². The molecule has 0 aliphatic rings. The molecule has 190 valence electrons. The van der Waals surface area contributed by atoms with Crippen molar-refractivity contribution in [3.05, 3.63) is 65.7 Å². The van der Waals surface area contributed by atoms with Gasteiger partial charge in [-0.1, -0.05) is 62.1 Å². The van der Waals surface area contributed by atoms with Crippen LogP contribution in [0, 0.1) is 0 Å². The standard InChI is InChI=1S/C26H36N2O6Si/c1-32-22-12-10-20(11-13-22)18-23(28-26(31)34-19-21-8-6-5-7-9-21)25(30)27-15-14-24(29)33-16-17-35(2,3)4/h5-13,23H,14-19H2,1-4H3,(H,27,30)(H,28,31)/t23-/m1/s1. The number of hydrogen-bond acceptors (Lipinski definition) is 6. The molecular weight excluding hydrogens is 464 g/mol. The van der Waals surface area contributed by atoms with E-state index in [0.717, 1.165) is 17.2 Å². The lowest BCUT2D eigenvalue weighted by atomic mass is 10.1. The highest BCUT2D eigenvalue weighted by atomic mass is 28.3. The van der Waals surface area contributed by atoms with E-state index < -0.39 is 26.1 Å². The number of nitrogens with one attached hydrogen (secondary N) is 2. The van der Waals surface area contributed by atoms with Crippen molar-refractivity contribution in [2.24, 2.45) is 0 Å². The summed E-state index contributed by atoms with van der Waals surface area (Å²) in [6, 6.07) is 16.5. The van der Waals surface area contributed by atoms with Gasteiger partial charge in [0.05, 0.1) is 20.1 Å². The van der Waals surface area contributed by atoms with Crippen LogP contribution in [0.3, 0.4) is 0 Å². The zero-order chi connectivity index (χ0) is 25.7. The van der Waals surface area contributed by atoms with Gasteiger partial charge in [0.15, 0.2) is 0 Å². The fourth-order valence-electron chi connectivity index (χ4n) is 3.07. The first-order valence-corrected chi connectivity index (χ1v) is 15.4. The van der Waals surface area contributed by atoms with Crippen LogP contribution in [0.2, 0.25) is 25.7 Å². The molecule has 0 unspecified atom stereocenters. The highest BCUT2D eigenvalue weighted by Crippen LogP contribution is 2.13. The highest BCUT2D eigenvalue weighted by Gasteiger charge is 2.22. The van der Waals surface area contributed by atoms with Gasteiger partial charge in [-0.3, -0.25) is 9.59 Å². The summed E-state index contributed by atoms with van der Waals surface area (Å²) in [6.45, 7) is 7.24. The maximum Gasteiger partial charge on any atom is 0.408 e. The molecule has 0 radical (unpaired) electrons. The van der Waals surface area contributed by atoms with Gasteiger partial charge in [0.2, 0.25) is 5.91 Å². The van der Waals surface area contributed by atoms with Gasteiger partial charge in [-0.05, 0) is 29.3 Å². The summed E-state index contributed by atoms with van der Waals surface area (Å²) in [5.74, 6) is -0.0736. The third-order valence-electron chi connectivity index (χ3n) is 5.16. The second-order valence-electron chi connectivity index (χ2n) is 9.38. The molecule has 2 amide bonds. The number of amides is 2. The molecule has 2 N–H and O–H groups in total. The molecule has 0 heterocycles.